The minimum Gasteiger partial charge on any atom is -0.477 e. The Balaban J connectivity index is 1.94. The summed E-state index contributed by atoms with van der Waals surface area (Å²) >= 11 is 1.15. The first-order chi connectivity index (χ1) is 7.66. The number of aromatic carboxylic acids is 1. The number of hydrogen-bond acceptors (Lipinski definition) is 5. The number of aromatic nitrogens is 1. The third kappa shape index (κ3) is 2.51. The van der Waals surface area contributed by atoms with Crippen LogP contribution in [0.4, 0.5) is 5.13 Å². The summed E-state index contributed by atoms with van der Waals surface area (Å²) < 4.78 is 5.54. The molecule has 16 heavy (non-hydrogen) atoms. The van der Waals surface area contributed by atoms with Crippen LogP contribution in [0.25, 0.3) is 0 Å². The van der Waals surface area contributed by atoms with Crippen molar-refractivity contribution in [1.29, 1.82) is 0 Å². The molecular weight excluding hydrogens is 228 g/mol. The van der Waals surface area contributed by atoms with Crippen LogP contribution in [0.1, 0.15) is 29.4 Å². The van der Waals surface area contributed by atoms with Gasteiger partial charge in [0.2, 0.25) is 0 Å². The lowest BCUT2D eigenvalue weighted by Crippen LogP contribution is -2.29. The molecule has 1 fully saturated rings. The van der Waals surface area contributed by atoms with E-state index in [1.807, 2.05) is 6.92 Å². The Labute approximate surface area is 97.5 Å². The average molecular weight is 242 g/mol. The highest BCUT2D eigenvalue weighted by Gasteiger charge is 2.23. The summed E-state index contributed by atoms with van der Waals surface area (Å²) in [5, 5.41) is 12.6. The molecule has 1 aliphatic heterocycles. The van der Waals surface area contributed by atoms with Gasteiger partial charge >= 0.3 is 5.97 Å². The molecule has 1 saturated heterocycles. The fraction of sp³-hybridized carbons (Fsp3) is 0.600. The van der Waals surface area contributed by atoms with Crippen LogP contribution in [0.5, 0.6) is 0 Å². The monoisotopic (exact) mass is 242 g/mol. The third-order valence-electron chi connectivity index (χ3n) is 2.59. The van der Waals surface area contributed by atoms with Crippen molar-refractivity contribution in [1.82, 2.24) is 4.98 Å². The quantitative estimate of drug-likeness (QED) is 0.842. The smallest absolute Gasteiger partial charge is 0.347 e. The highest BCUT2D eigenvalue weighted by molar-refractivity contribution is 7.17. The van der Waals surface area contributed by atoms with E-state index in [1.54, 1.807) is 0 Å². The minimum absolute atomic E-state index is 0.162. The molecule has 0 saturated carbocycles. The van der Waals surface area contributed by atoms with Crippen molar-refractivity contribution in [3.63, 3.8) is 0 Å². The van der Waals surface area contributed by atoms with E-state index in [2.05, 4.69) is 10.3 Å². The second-order valence-corrected chi connectivity index (χ2v) is 4.85. The Bertz CT molecular complexity index is 374. The van der Waals surface area contributed by atoms with E-state index in [-0.39, 0.29) is 17.0 Å². The summed E-state index contributed by atoms with van der Waals surface area (Å²) in [5.41, 5.74) is 0. The molecule has 0 aromatic carbocycles. The summed E-state index contributed by atoms with van der Waals surface area (Å²) in [4.78, 5) is 14.9. The van der Waals surface area contributed by atoms with Crippen LogP contribution in [0, 0.1) is 0 Å². The van der Waals surface area contributed by atoms with Crippen LogP contribution < -0.4 is 5.32 Å². The fourth-order valence-corrected chi connectivity index (χ4v) is 2.48. The molecule has 0 spiro atoms. The standard InChI is InChI=1S/C10H14N2O3S/c1-6(7-3-2-4-15-7)12-10-11-5-8(16-10)9(13)14/h5-7H,2-4H2,1H3,(H,11,12)(H,13,14). The summed E-state index contributed by atoms with van der Waals surface area (Å²) in [6.45, 7) is 2.84. The maximum absolute atomic E-state index is 10.7. The maximum Gasteiger partial charge on any atom is 0.347 e. The molecule has 2 heterocycles. The largest absolute Gasteiger partial charge is 0.477 e. The zero-order valence-corrected chi connectivity index (χ0v) is 9.79. The predicted molar refractivity (Wildman–Crippen MR) is 61.1 cm³/mol. The normalized spacial score (nSPS) is 21.9. The molecule has 0 bridgehead atoms. The number of carboxylic acids is 1. The Hall–Kier alpha value is -1.14. The third-order valence-corrected chi connectivity index (χ3v) is 3.51. The molecule has 1 aromatic rings. The molecule has 2 unspecified atom stereocenters. The topological polar surface area (TPSA) is 71.5 Å². The first-order valence-corrected chi connectivity index (χ1v) is 6.05. The van der Waals surface area contributed by atoms with E-state index in [0.717, 1.165) is 30.8 Å². The van der Waals surface area contributed by atoms with Gasteiger partial charge in [0.15, 0.2) is 5.13 Å². The lowest BCUT2D eigenvalue weighted by molar-refractivity contribution is 0.0702. The van der Waals surface area contributed by atoms with Gasteiger partial charge in [-0.2, -0.15) is 0 Å². The molecule has 88 valence electrons. The molecule has 0 amide bonds. The maximum atomic E-state index is 10.7. The SMILES string of the molecule is CC(Nc1ncc(C(=O)O)s1)C1CCCO1. The number of nitrogens with one attached hydrogen (secondary N) is 1. The van der Waals surface area contributed by atoms with Crippen molar-refractivity contribution in [3.8, 4) is 0 Å². The lowest BCUT2D eigenvalue weighted by atomic mass is 10.1. The van der Waals surface area contributed by atoms with E-state index < -0.39 is 5.97 Å². The molecule has 2 atom stereocenters. The van der Waals surface area contributed by atoms with E-state index >= 15 is 0 Å². The summed E-state index contributed by atoms with van der Waals surface area (Å²) in [6.07, 6.45) is 3.72. The molecule has 0 aliphatic carbocycles. The van der Waals surface area contributed by atoms with Gasteiger partial charge in [-0.1, -0.05) is 11.3 Å². The Morgan fingerprint density at radius 1 is 1.81 bits per heavy atom. The molecule has 6 heteroatoms. The molecule has 1 aromatic heterocycles. The fourth-order valence-electron chi connectivity index (χ4n) is 1.72. The molecule has 0 radical (unpaired) electrons. The van der Waals surface area contributed by atoms with E-state index in [0.29, 0.717) is 5.13 Å². The number of nitrogens with zero attached hydrogens (tertiary/aromatic N) is 1. The molecule has 2 rings (SSSR count). The van der Waals surface area contributed by atoms with E-state index in [9.17, 15) is 4.79 Å². The molecule has 5 nitrogen and oxygen atoms in total. The van der Waals surface area contributed by atoms with Gasteiger partial charge in [-0.25, -0.2) is 9.78 Å². The van der Waals surface area contributed by atoms with Crippen molar-refractivity contribution in [2.45, 2.75) is 31.9 Å². The van der Waals surface area contributed by atoms with E-state index in [1.165, 1.54) is 6.20 Å². The van der Waals surface area contributed by atoms with Gasteiger partial charge in [0.25, 0.3) is 0 Å². The summed E-state index contributed by atoms with van der Waals surface area (Å²) in [5.74, 6) is -0.935. The van der Waals surface area contributed by atoms with Gasteiger partial charge in [0.1, 0.15) is 4.88 Å². The van der Waals surface area contributed by atoms with E-state index in [4.69, 9.17) is 9.84 Å². The number of carboxylic acid groups (broad SMARTS) is 1. The van der Waals surface area contributed by atoms with Crippen molar-refractivity contribution in [2.24, 2.45) is 0 Å². The second-order valence-electron chi connectivity index (χ2n) is 3.82. The van der Waals surface area contributed by atoms with Gasteiger partial charge < -0.3 is 15.2 Å². The first-order valence-electron chi connectivity index (χ1n) is 5.24. The molecular formula is C10H14N2O3S. The highest BCUT2D eigenvalue weighted by atomic mass is 32.1. The van der Waals surface area contributed by atoms with Crippen LogP contribution >= 0.6 is 11.3 Å². The Morgan fingerprint density at radius 3 is 3.19 bits per heavy atom. The number of hydrogen-bond donors (Lipinski definition) is 2. The zero-order valence-electron chi connectivity index (χ0n) is 8.97. The Kier molecular flexibility index (Phi) is 3.40. The van der Waals surface area contributed by atoms with Gasteiger partial charge in [-0.3, -0.25) is 0 Å². The average Bonchev–Trinajstić information content (AvgIpc) is 2.87. The predicted octanol–water partition coefficient (Wildman–Crippen LogP) is 1.82. The Morgan fingerprint density at radius 2 is 2.62 bits per heavy atom. The zero-order chi connectivity index (χ0) is 11.5. The number of carbonyl (C=O) groups is 1. The van der Waals surface area contributed by atoms with Crippen LogP contribution in [0.15, 0.2) is 6.20 Å². The summed E-state index contributed by atoms with van der Waals surface area (Å²) in [7, 11) is 0. The van der Waals surface area contributed by atoms with Crippen molar-refractivity contribution in [2.75, 3.05) is 11.9 Å². The highest BCUT2D eigenvalue weighted by Crippen LogP contribution is 2.22. The minimum atomic E-state index is -0.935. The van der Waals surface area contributed by atoms with Gasteiger partial charge in [-0.15, -0.1) is 0 Å². The number of rotatable bonds is 4. The van der Waals surface area contributed by atoms with Crippen LogP contribution in [-0.4, -0.2) is 34.8 Å². The van der Waals surface area contributed by atoms with Crippen molar-refractivity contribution < 1.29 is 14.6 Å². The van der Waals surface area contributed by atoms with Crippen molar-refractivity contribution >= 4 is 22.4 Å². The first kappa shape index (κ1) is 11.3. The van der Waals surface area contributed by atoms with Crippen LogP contribution in [-0.2, 0) is 4.74 Å². The lowest BCUT2D eigenvalue weighted by Gasteiger charge is -2.19. The molecule has 2 N–H and O–H groups in total. The van der Waals surface area contributed by atoms with Gasteiger partial charge in [0, 0.05) is 6.61 Å². The molecule has 1 aliphatic rings. The van der Waals surface area contributed by atoms with Crippen LogP contribution in [0.3, 0.4) is 0 Å². The van der Waals surface area contributed by atoms with Gasteiger partial charge in [-0.05, 0) is 19.8 Å². The summed E-state index contributed by atoms with van der Waals surface area (Å²) in [6, 6.07) is 0.162. The number of thiazole rings is 1. The number of anilines is 1. The number of ether oxygens (including phenoxy) is 1. The van der Waals surface area contributed by atoms with Crippen LogP contribution in [0.2, 0.25) is 0 Å². The van der Waals surface area contributed by atoms with Crippen molar-refractivity contribution in [3.05, 3.63) is 11.1 Å². The van der Waals surface area contributed by atoms with Gasteiger partial charge in [0.05, 0.1) is 18.3 Å². The second kappa shape index (κ2) is 4.80.